The first-order valence-electron chi connectivity index (χ1n) is 6.18. The van der Waals surface area contributed by atoms with Gasteiger partial charge in [0.25, 0.3) is 0 Å². The Kier molecular flexibility index (Phi) is 4.02. The van der Waals surface area contributed by atoms with E-state index in [1.807, 2.05) is 25.1 Å². The monoisotopic (exact) mass is 236 g/mol. The number of para-hydroxylation sites is 1. The van der Waals surface area contributed by atoms with Gasteiger partial charge in [0.2, 0.25) is 0 Å². The zero-order chi connectivity index (χ0) is 12.3. The van der Waals surface area contributed by atoms with E-state index in [1.165, 1.54) is 0 Å². The van der Waals surface area contributed by atoms with Crippen LogP contribution >= 0.6 is 0 Å². The largest absolute Gasteiger partial charge is 0.490 e. The lowest BCUT2D eigenvalue weighted by Gasteiger charge is -2.16. The quantitative estimate of drug-likeness (QED) is 0.872. The standard InChI is InChI=1S/C14H20O3/c1-10-4-3-5-12(8-15)14(10)16-9-13-7-6-11(2)17-13/h3-5,11,13,15H,6-9H2,1-2H3. The van der Waals surface area contributed by atoms with E-state index in [9.17, 15) is 5.11 Å². The van der Waals surface area contributed by atoms with Crippen molar-refractivity contribution >= 4 is 0 Å². The molecule has 1 saturated heterocycles. The van der Waals surface area contributed by atoms with Crippen molar-refractivity contribution in [1.29, 1.82) is 0 Å². The molecule has 17 heavy (non-hydrogen) atoms. The highest BCUT2D eigenvalue weighted by Crippen LogP contribution is 2.25. The number of ether oxygens (including phenoxy) is 2. The van der Waals surface area contributed by atoms with E-state index < -0.39 is 0 Å². The van der Waals surface area contributed by atoms with Gasteiger partial charge in [-0.05, 0) is 32.3 Å². The zero-order valence-corrected chi connectivity index (χ0v) is 10.5. The Bertz CT molecular complexity index is 376. The van der Waals surface area contributed by atoms with Crippen LogP contribution in [0.3, 0.4) is 0 Å². The first-order valence-corrected chi connectivity index (χ1v) is 6.18. The Hall–Kier alpha value is -1.06. The summed E-state index contributed by atoms with van der Waals surface area (Å²) < 4.78 is 11.5. The summed E-state index contributed by atoms with van der Waals surface area (Å²) in [7, 11) is 0. The molecular formula is C14H20O3. The van der Waals surface area contributed by atoms with Crippen LogP contribution in [0.2, 0.25) is 0 Å². The van der Waals surface area contributed by atoms with Crippen LogP contribution in [0, 0.1) is 6.92 Å². The number of hydrogen-bond donors (Lipinski definition) is 1. The fourth-order valence-electron chi connectivity index (χ4n) is 2.23. The molecule has 1 aliphatic heterocycles. The molecule has 1 fully saturated rings. The molecule has 0 radical (unpaired) electrons. The van der Waals surface area contributed by atoms with Gasteiger partial charge < -0.3 is 14.6 Å². The molecule has 1 aromatic rings. The maximum absolute atomic E-state index is 9.27. The summed E-state index contributed by atoms with van der Waals surface area (Å²) in [6, 6.07) is 5.81. The molecule has 0 bridgehead atoms. The van der Waals surface area contributed by atoms with Crippen LogP contribution in [0.5, 0.6) is 5.75 Å². The van der Waals surface area contributed by atoms with Crippen LogP contribution in [-0.4, -0.2) is 23.9 Å². The third kappa shape index (κ3) is 2.99. The fraction of sp³-hybridized carbons (Fsp3) is 0.571. The van der Waals surface area contributed by atoms with Crippen molar-refractivity contribution < 1.29 is 14.6 Å². The van der Waals surface area contributed by atoms with Crippen molar-refractivity contribution in [2.75, 3.05) is 6.61 Å². The van der Waals surface area contributed by atoms with Gasteiger partial charge in [-0.3, -0.25) is 0 Å². The number of aryl methyl sites for hydroxylation is 1. The molecule has 0 spiro atoms. The predicted octanol–water partition coefficient (Wildman–Crippen LogP) is 2.43. The second-order valence-electron chi connectivity index (χ2n) is 4.68. The summed E-state index contributed by atoms with van der Waals surface area (Å²) in [5.41, 5.74) is 1.90. The van der Waals surface area contributed by atoms with E-state index in [4.69, 9.17) is 9.47 Å². The van der Waals surface area contributed by atoms with Crippen LogP contribution < -0.4 is 4.74 Å². The number of benzene rings is 1. The maximum atomic E-state index is 9.27. The Morgan fingerprint density at radius 3 is 2.88 bits per heavy atom. The summed E-state index contributed by atoms with van der Waals surface area (Å²) in [6.07, 6.45) is 2.70. The molecule has 2 atom stereocenters. The van der Waals surface area contributed by atoms with Gasteiger partial charge in [0.05, 0.1) is 18.8 Å². The van der Waals surface area contributed by atoms with Crippen LogP contribution in [-0.2, 0) is 11.3 Å². The van der Waals surface area contributed by atoms with Crippen molar-refractivity contribution in [3.05, 3.63) is 29.3 Å². The first kappa shape index (κ1) is 12.4. The smallest absolute Gasteiger partial charge is 0.127 e. The Balaban J connectivity index is 1.98. The van der Waals surface area contributed by atoms with Crippen LogP contribution in [0.1, 0.15) is 30.9 Å². The summed E-state index contributed by atoms with van der Waals surface area (Å²) in [4.78, 5) is 0. The van der Waals surface area contributed by atoms with E-state index in [-0.39, 0.29) is 12.7 Å². The lowest BCUT2D eigenvalue weighted by atomic mass is 10.1. The fourth-order valence-corrected chi connectivity index (χ4v) is 2.23. The van der Waals surface area contributed by atoms with Crippen molar-refractivity contribution in [1.82, 2.24) is 0 Å². The summed E-state index contributed by atoms with van der Waals surface area (Å²) in [6.45, 7) is 4.67. The lowest BCUT2D eigenvalue weighted by molar-refractivity contribution is 0.0258. The summed E-state index contributed by atoms with van der Waals surface area (Å²) in [5, 5.41) is 9.27. The minimum atomic E-state index is 0.0128. The van der Waals surface area contributed by atoms with E-state index in [0.717, 1.165) is 29.7 Å². The molecule has 0 saturated carbocycles. The molecular weight excluding hydrogens is 216 g/mol. The minimum absolute atomic E-state index is 0.0128. The summed E-state index contributed by atoms with van der Waals surface area (Å²) in [5.74, 6) is 0.804. The molecule has 1 aliphatic rings. The van der Waals surface area contributed by atoms with Crippen molar-refractivity contribution in [2.45, 2.75) is 45.5 Å². The molecule has 3 nitrogen and oxygen atoms in total. The van der Waals surface area contributed by atoms with Crippen LogP contribution in [0.15, 0.2) is 18.2 Å². The number of aliphatic hydroxyl groups is 1. The highest BCUT2D eigenvalue weighted by Gasteiger charge is 2.22. The van der Waals surface area contributed by atoms with E-state index in [2.05, 4.69) is 6.92 Å². The number of aliphatic hydroxyl groups excluding tert-OH is 1. The molecule has 1 aromatic carbocycles. The first-order chi connectivity index (χ1) is 8.20. The van der Waals surface area contributed by atoms with Gasteiger partial charge in [-0.1, -0.05) is 18.2 Å². The van der Waals surface area contributed by atoms with Crippen LogP contribution in [0.4, 0.5) is 0 Å². The third-order valence-corrected chi connectivity index (χ3v) is 3.20. The Morgan fingerprint density at radius 1 is 1.41 bits per heavy atom. The van der Waals surface area contributed by atoms with Gasteiger partial charge in [0, 0.05) is 5.56 Å². The van der Waals surface area contributed by atoms with Gasteiger partial charge in [-0.25, -0.2) is 0 Å². The maximum Gasteiger partial charge on any atom is 0.127 e. The van der Waals surface area contributed by atoms with Gasteiger partial charge in [-0.2, -0.15) is 0 Å². The number of hydrogen-bond acceptors (Lipinski definition) is 3. The van der Waals surface area contributed by atoms with E-state index in [0.29, 0.717) is 12.7 Å². The molecule has 0 aliphatic carbocycles. The second-order valence-corrected chi connectivity index (χ2v) is 4.68. The van der Waals surface area contributed by atoms with E-state index >= 15 is 0 Å². The molecule has 2 rings (SSSR count). The van der Waals surface area contributed by atoms with Gasteiger partial charge in [0.1, 0.15) is 12.4 Å². The molecule has 0 aromatic heterocycles. The van der Waals surface area contributed by atoms with Crippen molar-refractivity contribution in [3.8, 4) is 5.75 Å². The van der Waals surface area contributed by atoms with Crippen molar-refractivity contribution in [2.24, 2.45) is 0 Å². The van der Waals surface area contributed by atoms with Crippen molar-refractivity contribution in [3.63, 3.8) is 0 Å². The van der Waals surface area contributed by atoms with Gasteiger partial charge in [-0.15, -0.1) is 0 Å². The average Bonchev–Trinajstić information content (AvgIpc) is 2.73. The molecule has 3 heteroatoms. The SMILES string of the molecule is Cc1cccc(CO)c1OCC1CCC(C)O1. The Labute approximate surface area is 102 Å². The van der Waals surface area contributed by atoms with E-state index in [1.54, 1.807) is 0 Å². The molecule has 94 valence electrons. The van der Waals surface area contributed by atoms with Gasteiger partial charge in [0.15, 0.2) is 0 Å². The van der Waals surface area contributed by atoms with Gasteiger partial charge >= 0.3 is 0 Å². The predicted molar refractivity (Wildman–Crippen MR) is 66.2 cm³/mol. The molecule has 1 N–H and O–H groups in total. The Morgan fingerprint density at radius 2 is 2.24 bits per heavy atom. The third-order valence-electron chi connectivity index (χ3n) is 3.20. The lowest BCUT2D eigenvalue weighted by Crippen LogP contribution is -2.18. The topological polar surface area (TPSA) is 38.7 Å². The average molecular weight is 236 g/mol. The minimum Gasteiger partial charge on any atom is -0.490 e. The van der Waals surface area contributed by atoms with Crippen LogP contribution in [0.25, 0.3) is 0 Å². The molecule has 2 unspecified atom stereocenters. The second kappa shape index (κ2) is 5.52. The normalized spacial score (nSPS) is 23.9. The summed E-state index contributed by atoms with van der Waals surface area (Å²) >= 11 is 0. The highest BCUT2D eigenvalue weighted by molar-refractivity contribution is 5.40. The number of rotatable bonds is 4. The molecule has 1 heterocycles. The molecule has 0 amide bonds. The zero-order valence-electron chi connectivity index (χ0n) is 10.5. The highest BCUT2D eigenvalue weighted by atomic mass is 16.5.